The molecule has 0 aromatic carbocycles. The number of nitrogens with one attached hydrogen (secondary N) is 2. The molecule has 2 atom stereocenters. The molecule has 0 aliphatic carbocycles. The number of rotatable bonds is 5. The van der Waals surface area contributed by atoms with Crippen LogP contribution in [0, 0.1) is 12.8 Å². The summed E-state index contributed by atoms with van der Waals surface area (Å²) in [5.74, 6) is 0.0876. The second kappa shape index (κ2) is 8.52. The number of aryl methyl sites for hydroxylation is 2. The average molecular weight is 420 g/mol. The molecule has 0 spiro atoms. The quantitative estimate of drug-likeness (QED) is 0.775. The van der Waals surface area contributed by atoms with Gasteiger partial charge < -0.3 is 15.4 Å². The number of thiazole rings is 1. The van der Waals surface area contributed by atoms with Gasteiger partial charge in [0.15, 0.2) is 0 Å². The van der Waals surface area contributed by atoms with E-state index in [-0.39, 0.29) is 17.9 Å². The van der Waals surface area contributed by atoms with Gasteiger partial charge in [0.05, 0.1) is 23.5 Å². The zero-order chi connectivity index (χ0) is 21.2. The molecule has 1 aliphatic heterocycles. The molecule has 2 unspecified atom stereocenters. The van der Waals surface area contributed by atoms with Crippen molar-refractivity contribution in [3.63, 3.8) is 0 Å². The number of carbonyl (C=O) groups excluding carboxylic acids is 2. The van der Waals surface area contributed by atoms with Crippen LogP contribution in [0.15, 0.2) is 12.4 Å². The third kappa shape index (κ3) is 5.56. The van der Waals surface area contributed by atoms with E-state index in [1.807, 2.05) is 45.5 Å². The lowest BCUT2D eigenvalue weighted by molar-refractivity contribution is 0.0516. The Labute approximate surface area is 175 Å². The predicted molar refractivity (Wildman–Crippen MR) is 111 cm³/mol. The molecule has 2 aromatic heterocycles. The van der Waals surface area contributed by atoms with Crippen LogP contribution in [-0.2, 0) is 17.7 Å². The van der Waals surface area contributed by atoms with E-state index in [0.717, 1.165) is 28.5 Å². The molecule has 29 heavy (non-hydrogen) atoms. The van der Waals surface area contributed by atoms with Crippen molar-refractivity contribution in [3.05, 3.63) is 33.5 Å². The first kappa shape index (κ1) is 21.3. The van der Waals surface area contributed by atoms with Gasteiger partial charge in [-0.2, -0.15) is 5.10 Å². The standard InChI is InChI=1S/C20H29N5O3S/c1-12-9-21-18(29-12)13(2)24-17(26)15-11-23-25-7-6-14(8-16(15)25)10-22-19(27)28-20(3,4)5/h9,11,13-14H,6-8,10H2,1-5H3,(H,22,27)(H,24,26). The summed E-state index contributed by atoms with van der Waals surface area (Å²) in [6.45, 7) is 10.7. The second-order valence-electron chi connectivity index (χ2n) is 8.47. The molecule has 3 heterocycles. The normalized spacial score (nSPS) is 17.3. The first-order valence-electron chi connectivity index (χ1n) is 9.87. The van der Waals surface area contributed by atoms with Crippen molar-refractivity contribution in [2.24, 2.45) is 5.92 Å². The van der Waals surface area contributed by atoms with E-state index >= 15 is 0 Å². The fourth-order valence-electron chi connectivity index (χ4n) is 3.31. The van der Waals surface area contributed by atoms with Gasteiger partial charge in [-0.25, -0.2) is 9.78 Å². The fraction of sp³-hybridized carbons (Fsp3) is 0.600. The molecule has 2 aromatic rings. The molecular weight excluding hydrogens is 390 g/mol. The minimum absolute atomic E-state index is 0.146. The highest BCUT2D eigenvalue weighted by molar-refractivity contribution is 7.11. The fourth-order valence-corrected chi connectivity index (χ4v) is 4.09. The zero-order valence-electron chi connectivity index (χ0n) is 17.6. The first-order valence-corrected chi connectivity index (χ1v) is 10.7. The topological polar surface area (TPSA) is 98.1 Å². The van der Waals surface area contributed by atoms with Gasteiger partial charge in [-0.1, -0.05) is 0 Å². The van der Waals surface area contributed by atoms with E-state index in [1.54, 1.807) is 17.5 Å². The molecule has 0 radical (unpaired) electrons. The molecule has 3 rings (SSSR count). The third-order valence-corrected chi connectivity index (χ3v) is 5.81. The van der Waals surface area contributed by atoms with E-state index in [2.05, 4.69) is 20.7 Å². The molecule has 158 valence electrons. The Morgan fingerprint density at radius 3 is 2.79 bits per heavy atom. The Hall–Kier alpha value is -2.42. The van der Waals surface area contributed by atoms with Gasteiger partial charge in [0, 0.05) is 24.2 Å². The highest BCUT2D eigenvalue weighted by Gasteiger charge is 2.27. The zero-order valence-corrected chi connectivity index (χ0v) is 18.4. The highest BCUT2D eigenvalue weighted by Crippen LogP contribution is 2.24. The van der Waals surface area contributed by atoms with Crippen LogP contribution in [-0.4, -0.2) is 38.9 Å². The first-order chi connectivity index (χ1) is 13.6. The van der Waals surface area contributed by atoms with E-state index in [0.29, 0.717) is 18.5 Å². The predicted octanol–water partition coefficient (Wildman–Crippen LogP) is 3.23. The monoisotopic (exact) mass is 419 g/mol. The number of hydrogen-bond acceptors (Lipinski definition) is 6. The summed E-state index contributed by atoms with van der Waals surface area (Å²) in [6, 6.07) is -0.162. The average Bonchev–Trinajstić information content (AvgIpc) is 3.24. The maximum atomic E-state index is 12.8. The maximum absolute atomic E-state index is 12.8. The van der Waals surface area contributed by atoms with E-state index in [1.165, 1.54) is 0 Å². The summed E-state index contributed by atoms with van der Waals surface area (Å²) in [7, 11) is 0. The maximum Gasteiger partial charge on any atom is 0.407 e. The van der Waals surface area contributed by atoms with Gasteiger partial charge in [-0.05, 0) is 53.4 Å². The molecular formula is C20H29N5O3S. The molecule has 8 nitrogen and oxygen atoms in total. The van der Waals surface area contributed by atoms with Crippen molar-refractivity contribution in [2.75, 3.05) is 6.54 Å². The Bertz CT molecular complexity index is 883. The number of alkyl carbamates (subject to hydrolysis) is 1. The Morgan fingerprint density at radius 1 is 1.38 bits per heavy atom. The van der Waals surface area contributed by atoms with Gasteiger partial charge in [0.25, 0.3) is 5.91 Å². The number of fused-ring (bicyclic) bond motifs is 1. The SMILES string of the molecule is Cc1cnc(C(C)NC(=O)c2cnn3c2CC(CNC(=O)OC(C)(C)C)CC3)s1. The van der Waals surface area contributed by atoms with Gasteiger partial charge in [-0.3, -0.25) is 9.48 Å². The van der Waals surface area contributed by atoms with Crippen LogP contribution >= 0.6 is 11.3 Å². The van der Waals surface area contributed by atoms with Crippen LogP contribution in [0.4, 0.5) is 4.79 Å². The summed E-state index contributed by atoms with van der Waals surface area (Å²) < 4.78 is 7.18. The lowest BCUT2D eigenvalue weighted by atomic mass is 9.94. The molecule has 2 amide bonds. The Balaban J connectivity index is 1.60. The molecule has 9 heteroatoms. The van der Waals surface area contributed by atoms with Gasteiger partial charge in [-0.15, -0.1) is 11.3 Å². The molecule has 0 saturated carbocycles. The van der Waals surface area contributed by atoms with Crippen molar-refractivity contribution in [3.8, 4) is 0 Å². The number of nitrogens with zero attached hydrogens (tertiary/aromatic N) is 3. The van der Waals surface area contributed by atoms with Crippen LogP contribution < -0.4 is 10.6 Å². The van der Waals surface area contributed by atoms with Gasteiger partial charge in [0.2, 0.25) is 0 Å². The van der Waals surface area contributed by atoms with Gasteiger partial charge in [0.1, 0.15) is 10.6 Å². The van der Waals surface area contributed by atoms with Crippen LogP contribution in [0.2, 0.25) is 0 Å². The Kier molecular flexibility index (Phi) is 6.26. The number of hydrogen-bond donors (Lipinski definition) is 2. The summed E-state index contributed by atoms with van der Waals surface area (Å²) >= 11 is 1.58. The highest BCUT2D eigenvalue weighted by atomic mass is 32.1. The summed E-state index contributed by atoms with van der Waals surface area (Å²) in [4.78, 5) is 30.2. The van der Waals surface area contributed by atoms with E-state index < -0.39 is 11.7 Å². The third-order valence-electron chi connectivity index (χ3n) is 4.72. The van der Waals surface area contributed by atoms with Gasteiger partial charge >= 0.3 is 6.09 Å². The number of carbonyl (C=O) groups is 2. The van der Waals surface area contributed by atoms with Crippen LogP contribution in [0.25, 0.3) is 0 Å². The van der Waals surface area contributed by atoms with Crippen molar-refractivity contribution in [2.45, 2.75) is 65.6 Å². The van der Waals surface area contributed by atoms with Crippen molar-refractivity contribution in [1.82, 2.24) is 25.4 Å². The van der Waals surface area contributed by atoms with Crippen LogP contribution in [0.3, 0.4) is 0 Å². The van der Waals surface area contributed by atoms with Crippen molar-refractivity contribution in [1.29, 1.82) is 0 Å². The number of amides is 2. The summed E-state index contributed by atoms with van der Waals surface area (Å²) in [5, 5.41) is 11.1. The van der Waals surface area contributed by atoms with E-state index in [4.69, 9.17) is 4.74 Å². The van der Waals surface area contributed by atoms with Crippen LogP contribution in [0.5, 0.6) is 0 Å². The second-order valence-corrected chi connectivity index (χ2v) is 9.74. The van der Waals surface area contributed by atoms with Crippen molar-refractivity contribution >= 4 is 23.3 Å². The number of ether oxygens (including phenoxy) is 1. The smallest absolute Gasteiger partial charge is 0.407 e. The summed E-state index contributed by atoms with van der Waals surface area (Å²) in [5.41, 5.74) is 0.979. The molecule has 1 aliphatic rings. The minimum Gasteiger partial charge on any atom is -0.444 e. The Morgan fingerprint density at radius 2 is 2.14 bits per heavy atom. The molecule has 2 N–H and O–H groups in total. The number of aromatic nitrogens is 3. The minimum atomic E-state index is -0.521. The van der Waals surface area contributed by atoms with E-state index in [9.17, 15) is 9.59 Å². The summed E-state index contributed by atoms with van der Waals surface area (Å²) in [6.07, 6.45) is 4.60. The van der Waals surface area contributed by atoms with Crippen molar-refractivity contribution < 1.29 is 14.3 Å². The molecule has 0 fully saturated rings. The molecule has 0 bridgehead atoms. The molecule has 0 saturated heterocycles. The lowest BCUT2D eigenvalue weighted by Gasteiger charge is -2.25. The van der Waals surface area contributed by atoms with Crippen LogP contribution in [0.1, 0.15) is 66.1 Å². The lowest BCUT2D eigenvalue weighted by Crippen LogP contribution is -2.37. The largest absolute Gasteiger partial charge is 0.444 e.